The number of rotatable bonds is 1. The van der Waals surface area contributed by atoms with Gasteiger partial charge in [0.2, 0.25) is 0 Å². The van der Waals surface area contributed by atoms with Crippen molar-refractivity contribution in [3.05, 3.63) is 45.3 Å². The van der Waals surface area contributed by atoms with Crippen molar-refractivity contribution in [3.63, 3.8) is 0 Å². The quantitative estimate of drug-likeness (QED) is 0.778. The molecule has 1 heterocycles. The molecule has 0 saturated heterocycles. The number of aromatic nitrogens is 2. The summed E-state index contributed by atoms with van der Waals surface area (Å²) in [6.45, 7) is 0. The average Bonchev–Trinajstić information content (AvgIpc) is 2.22. The zero-order valence-corrected chi connectivity index (χ0v) is 9.83. The third kappa shape index (κ3) is 2.20. The van der Waals surface area contributed by atoms with Crippen LogP contribution < -0.4 is 0 Å². The molecule has 0 radical (unpaired) electrons. The topological polar surface area (TPSA) is 28.7 Å². The van der Waals surface area contributed by atoms with Gasteiger partial charge in [0, 0.05) is 11.8 Å². The first-order chi connectivity index (χ1) is 7.18. The molecular formula is C10H6Cl2N2S. The van der Waals surface area contributed by atoms with E-state index in [1.165, 1.54) is 0 Å². The van der Waals surface area contributed by atoms with Crippen molar-refractivity contribution in [2.45, 2.75) is 0 Å². The van der Waals surface area contributed by atoms with Crippen LogP contribution in [-0.4, -0.2) is 9.97 Å². The number of nitrogens with zero attached hydrogens (tertiary/aromatic N) is 1. The Morgan fingerprint density at radius 3 is 2.73 bits per heavy atom. The molecule has 5 heteroatoms. The zero-order chi connectivity index (χ0) is 10.8. The van der Waals surface area contributed by atoms with Gasteiger partial charge in [-0.2, -0.15) is 0 Å². The van der Waals surface area contributed by atoms with Crippen molar-refractivity contribution in [1.82, 2.24) is 9.97 Å². The molecule has 0 atom stereocenters. The second-order valence-electron chi connectivity index (χ2n) is 2.89. The van der Waals surface area contributed by atoms with Gasteiger partial charge in [0.05, 0.1) is 15.7 Å². The van der Waals surface area contributed by atoms with Crippen molar-refractivity contribution >= 4 is 35.4 Å². The third-order valence-electron chi connectivity index (χ3n) is 1.92. The van der Waals surface area contributed by atoms with Crippen LogP contribution in [0.25, 0.3) is 11.3 Å². The van der Waals surface area contributed by atoms with Crippen LogP contribution in [0.5, 0.6) is 0 Å². The van der Waals surface area contributed by atoms with E-state index in [9.17, 15) is 0 Å². The maximum atomic E-state index is 6.07. The fraction of sp³-hybridized carbons (Fsp3) is 0. The molecule has 1 aromatic carbocycles. The first kappa shape index (κ1) is 10.6. The molecule has 2 aromatic rings. The average molecular weight is 257 g/mol. The van der Waals surface area contributed by atoms with Gasteiger partial charge in [0.25, 0.3) is 0 Å². The van der Waals surface area contributed by atoms with Crippen LogP contribution in [0, 0.1) is 4.77 Å². The molecule has 0 aliphatic carbocycles. The summed E-state index contributed by atoms with van der Waals surface area (Å²) in [5, 5.41) is 1.03. The van der Waals surface area contributed by atoms with Gasteiger partial charge in [-0.15, -0.1) is 0 Å². The Morgan fingerprint density at radius 2 is 2.00 bits per heavy atom. The molecule has 1 aromatic heterocycles. The second-order valence-corrected chi connectivity index (χ2v) is 4.06. The van der Waals surface area contributed by atoms with Crippen LogP contribution >= 0.6 is 35.4 Å². The molecule has 0 aliphatic heterocycles. The molecule has 0 amide bonds. The fourth-order valence-corrected chi connectivity index (χ4v) is 1.81. The monoisotopic (exact) mass is 256 g/mol. The Hall–Kier alpha value is -0.900. The summed E-state index contributed by atoms with van der Waals surface area (Å²) in [7, 11) is 0. The third-order valence-corrected chi connectivity index (χ3v) is 2.94. The molecule has 15 heavy (non-hydrogen) atoms. The number of H-pyrrole nitrogens is 1. The normalized spacial score (nSPS) is 10.3. The largest absolute Gasteiger partial charge is 0.330 e. The minimum Gasteiger partial charge on any atom is -0.330 e. The van der Waals surface area contributed by atoms with Gasteiger partial charge < -0.3 is 4.98 Å². The lowest BCUT2D eigenvalue weighted by atomic mass is 10.1. The molecule has 0 saturated carbocycles. The van der Waals surface area contributed by atoms with Crippen molar-refractivity contribution in [1.29, 1.82) is 0 Å². The van der Waals surface area contributed by atoms with Crippen LogP contribution in [0.3, 0.4) is 0 Å². The van der Waals surface area contributed by atoms with Crippen molar-refractivity contribution in [3.8, 4) is 11.3 Å². The number of benzene rings is 1. The van der Waals surface area contributed by atoms with E-state index in [1.807, 2.05) is 12.1 Å². The van der Waals surface area contributed by atoms with Gasteiger partial charge in [0.15, 0.2) is 4.77 Å². The first-order valence-electron chi connectivity index (χ1n) is 4.18. The molecule has 2 nitrogen and oxygen atoms in total. The summed E-state index contributed by atoms with van der Waals surface area (Å²) in [5.74, 6) is 0. The SMILES string of the molecule is S=c1nccc(-c2cccc(Cl)c2Cl)[nH]1. The van der Waals surface area contributed by atoms with Crippen molar-refractivity contribution < 1.29 is 0 Å². The van der Waals surface area contributed by atoms with Gasteiger partial charge in [-0.05, 0) is 24.4 Å². The van der Waals surface area contributed by atoms with E-state index in [-0.39, 0.29) is 0 Å². The highest BCUT2D eigenvalue weighted by atomic mass is 35.5. The van der Waals surface area contributed by atoms with Gasteiger partial charge in [0.1, 0.15) is 0 Å². The lowest BCUT2D eigenvalue weighted by Gasteiger charge is -2.05. The summed E-state index contributed by atoms with van der Waals surface area (Å²) in [4.78, 5) is 6.85. The zero-order valence-electron chi connectivity index (χ0n) is 7.50. The van der Waals surface area contributed by atoms with E-state index in [0.29, 0.717) is 14.8 Å². The minimum atomic E-state index is 0.420. The van der Waals surface area contributed by atoms with E-state index in [0.717, 1.165) is 11.3 Å². The van der Waals surface area contributed by atoms with Crippen LogP contribution in [0.4, 0.5) is 0 Å². The Bertz CT molecular complexity index is 551. The van der Waals surface area contributed by atoms with Gasteiger partial charge in [-0.25, -0.2) is 4.98 Å². The lowest BCUT2D eigenvalue weighted by Crippen LogP contribution is -1.87. The summed E-state index contributed by atoms with van der Waals surface area (Å²) < 4.78 is 0.420. The second kappa shape index (κ2) is 4.31. The van der Waals surface area contributed by atoms with E-state index in [4.69, 9.17) is 35.4 Å². The highest BCUT2D eigenvalue weighted by Gasteiger charge is 2.06. The highest BCUT2D eigenvalue weighted by molar-refractivity contribution is 7.71. The van der Waals surface area contributed by atoms with E-state index < -0.39 is 0 Å². The summed E-state index contributed by atoms with van der Waals surface area (Å²) in [6, 6.07) is 7.24. The maximum Gasteiger partial charge on any atom is 0.197 e. The molecule has 0 fully saturated rings. The van der Waals surface area contributed by atoms with E-state index in [2.05, 4.69) is 9.97 Å². The molecule has 0 unspecified atom stereocenters. The number of hydrogen-bond acceptors (Lipinski definition) is 2. The van der Waals surface area contributed by atoms with E-state index in [1.54, 1.807) is 18.3 Å². The summed E-state index contributed by atoms with van der Waals surface area (Å²) in [6.07, 6.45) is 1.63. The van der Waals surface area contributed by atoms with Gasteiger partial charge in [-0.1, -0.05) is 35.3 Å². The van der Waals surface area contributed by atoms with Crippen molar-refractivity contribution in [2.75, 3.05) is 0 Å². The highest BCUT2D eigenvalue weighted by Crippen LogP contribution is 2.31. The molecular weight excluding hydrogens is 251 g/mol. The summed E-state index contributed by atoms with van der Waals surface area (Å²) in [5.41, 5.74) is 1.63. The molecule has 1 N–H and O–H groups in total. The fourth-order valence-electron chi connectivity index (χ4n) is 1.24. The maximum absolute atomic E-state index is 6.07. The Morgan fingerprint density at radius 1 is 1.20 bits per heavy atom. The Balaban J connectivity index is 2.64. The Kier molecular flexibility index (Phi) is 3.05. The Labute approximate surface area is 102 Å². The van der Waals surface area contributed by atoms with Crippen LogP contribution in [0.15, 0.2) is 30.5 Å². The number of aromatic amines is 1. The van der Waals surface area contributed by atoms with Crippen molar-refractivity contribution in [2.24, 2.45) is 0 Å². The summed E-state index contributed by atoms with van der Waals surface area (Å²) >= 11 is 16.9. The minimum absolute atomic E-state index is 0.420. The smallest absolute Gasteiger partial charge is 0.197 e. The van der Waals surface area contributed by atoms with Crippen LogP contribution in [0.2, 0.25) is 10.0 Å². The predicted molar refractivity (Wildman–Crippen MR) is 64.9 cm³/mol. The predicted octanol–water partition coefficient (Wildman–Crippen LogP) is 4.11. The first-order valence-corrected chi connectivity index (χ1v) is 5.34. The standard InChI is InChI=1S/C10H6Cl2N2S/c11-7-3-1-2-6(9(7)12)8-4-5-13-10(15)14-8/h1-5H,(H,13,14,15). The number of nitrogens with one attached hydrogen (secondary N) is 1. The van der Waals surface area contributed by atoms with Gasteiger partial charge in [-0.3, -0.25) is 0 Å². The molecule has 2 rings (SSSR count). The number of hydrogen-bond donors (Lipinski definition) is 1. The van der Waals surface area contributed by atoms with Gasteiger partial charge >= 0.3 is 0 Å². The van der Waals surface area contributed by atoms with Crippen LogP contribution in [0.1, 0.15) is 0 Å². The number of halogens is 2. The van der Waals surface area contributed by atoms with E-state index >= 15 is 0 Å². The molecule has 76 valence electrons. The molecule has 0 aliphatic rings. The molecule has 0 bridgehead atoms. The lowest BCUT2D eigenvalue weighted by molar-refractivity contribution is 1.14. The molecule has 0 spiro atoms. The van der Waals surface area contributed by atoms with Crippen LogP contribution in [-0.2, 0) is 0 Å².